The Bertz CT molecular complexity index is 4170. The van der Waals surface area contributed by atoms with Crippen LogP contribution in [0.25, 0.3) is 88.4 Å². The number of aromatic nitrogens is 2. The number of benzene rings is 11. The highest BCUT2D eigenvalue weighted by molar-refractivity contribution is 6.15. The minimum absolute atomic E-state index is 0.484. The van der Waals surface area contributed by atoms with Gasteiger partial charge in [-0.1, -0.05) is 176 Å². The van der Waals surface area contributed by atoms with Crippen molar-refractivity contribution in [1.29, 1.82) is 0 Å². The van der Waals surface area contributed by atoms with Crippen LogP contribution in [0, 0.1) is 0 Å². The Hall–Kier alpha value is -9.18. The van der Waals surface area contributed by atoms with Crippen LogP contribution in [0.1, 0.15) is 22.3 Å². The minimum Gasteiger partial charge on any atom is -0.310 e. The van der Waals surface area contributed by atoms with Gasteiger partial charge in [-0.2, -0.15) is 0 Å². The molecule has 0 N–H and O–H groups in total. The van der Waals surface area contributed by atoms with Crippen molar-refractivity contribution in [2.24, 2.45) is 0 Å². The fraction of sp³-hybridized carbons (Fsp3) is 0.0149. The molecule has 1 spiro atoms. The van der Waals surface area contributed by atoms with Crippen molar-refractivity contribution in [2.45, 2.75) is 5.41 Å². The van der Waals surface area contributed by atoms with Crippen molar-refractivity contribution >= 4 is 60.7 Å². The molecule has 326 valence electrons. The summed E-state index contributed by atoms with van der Waals surface area (Å²) in [6, 6.07) is 96.8. The van der Waals surface area contributed by atoms with Gasteiger partial charge in [0.05, 0.1) is 33.2 Å². The van der Waals surface area contributed by atoms with Crippen molar-refractivity contribution in [1.82, 2.24) is 9.13 Å². The molecule has 0 radical (unpaired) electrons. The Balaban J connectivity index is 1.05. The molecule has 0 unspecified atom stereocenters. The van der Waals surface area contributed by atoms with Crippen LogP contribution >= 0.6 is 0 Å². The lowest BCUT2D eigenvalue weighted by atomic mass is 9.70. The average molecular weight is 890 g/mol. The molecule has 0 saturated carbocycles. The Labute approximate surface area is 406 Å². The molecule has 2 aromatic heterocycles. The molecule has 2 aliphatic rings. The molecule has 0 atom stereocenters. The molecule has 0 saturated heterocycles. The van der Waals surface area contributed by atoms with E-state index in [4.69, 9.17) is 0 Å². The van der Waals surface area contributed by atoms with Gasteiger partial charge in [0.25, 0.3) is 0 Å². The lowest BCUT2D eigenvalue weighted by Gasteiger charge is -2.33. The minimum atomic E-state index is -0.484. The first-order valence-corrected chi connectivity index (χ1v) is 24.3. The van der Waals surface area contributed by atoms with Crippen LogP contribution < -0.4 is 4.90 Å². The molecule has 0 aliphatic heterocycles. The van der Waals surface area contributed by atoms with E-state index in [1.54, 1.807) is 0 Å². The molecule has 70 heavy (non-hydrogen) atoms. The molecular formula is C67H43N3. The van der Waals surface area contributed by atoms with Gasteiger partial charge in [0.1, 0.15) is 0 Å². The van der Waals surface area contributed by atoms with E-state index in [9.17, 15) is 0 Å². The third-order valence-corrected chi connectivity index (χ3v) is 15.3. The van der Waals surface area contributed by atoms with Crippen molar-refractivity contribution < 1.29 is 0 Å². The van der Waals surface area contributed by atoms with Gasteiger partial charge in [0.2, 0.25) is 0 Å². The summed E-state index contributed by atoms with van der Waals surface area (Å²) >= 11 is 0. The highest BCUT2D eigenvalue weighted by Crippen LogP contribution is 2.63. The van der Waals surface area contributed by atoms with E-state index in [0.29, 0.717) is 0 Å². The highest BCUT2D eigenvalue weighted by atomic mass is 15.1. The molecule has 13 aromatic rings. The molecule has 2 aliphatic carbocycles. The van der Waals surface area contributed by atoms with Crippen LogP contribution in [0.2, 0.25) is 0 Å². The quantitative estimate of drug-likeness (QED) is 0.162. The lowest BCUT2D eigenvalue weighted by molar-refractivity contribution is 0.793. The first-order chi connectivity index (χ1) is 34.8. The number of anilines is 3. The maximum absolute atomic E-state index is 2.52. The van der Waals surface area contributed by atoms with Crippen LogP contribution in [0.15, 0.2) is 261 Å². The van der Waals surface area contributed by atoms with Gasteiger partial charge in [-0.15, -0.1) is 0 Å². The van der Waals surface area contributed by atoms with Gasteiger partial charge in [-0.05, 0) is 135 Å². The predicted molar refractivity (Wildman–Crippen MR) is 292 cm³/mol. The molecular weight excluding hydrogens is 847 g/mol. The third kappa shape index (κ3) is 5.34. The molecule has 3 heteroatoms. The molecule has 2 heterocycles. The second-order valence-corrected chi connectivity index (χ2v) is 18.8. The standard InChI is InChI=1S/C67H43N3/c1-4-20-45(21-5-1)68(48-37-38-52-51-28-12-17-33-60(51)67(61(52)41-48)58-31-15-10-26-49(58)50-27-11-16-32-59(50)67)65-43-66-57(54-30-14-19-35-63(54)70(66)47-24-8-3-9-25-47)42-55(65)44-36-39-64-56(40-44)53-29-13-18-34-62(53)69(64)46-22-6-2-7-23-46/h1-43H. The summed E-state index contributed by atoms with van der Waals surface area (Å²) in [5.41, 5.74) is 22.6. The highest BCUT2D eigenvalue weighted by Gasteiger charge is 2.51. The number of para-hydroxylation sites is 5. The largest absolute Gasteiger partial charge is 0.310 e. The zero-order chi connectivity index (χ0) is 45.9. The van der Waals surface area contributed by atoms with E-state index in [1.807, 2.05) is 0 Å². The zero-order valence-electron chi connectivity index (χ0n) is 38.2. The van der Waals surface area contributed by atoms with Crippen molar-refractivity contribution in [3.63, 3.8) is 0 Å². The molecule has 3 nitrogen and oxygen atoms in total. The van der Waals surface area contributed by atoms with Crippen molar-refractivity contribution in [3.8, 4) is 44.8 Å². The number of hydrogen-bond acceptors (Lipinski definition) is 1. The van der Waals surface area contributed by atoms with Gasteiger partial charge in [-0.25, -0.2) is 0 Å². The number of nitrogens with zero attached hydrogens (tertiary/aromatic N) is 3. The first-order valence-electron chi connectivity index (χ1n) is 24.3. The molecule has 0 fully saturated rings. The Morgan fingerprint density at radius 1 is 0.271 bits per heavy atom. The SMILES string of the molecule is c1ccc(N(c2ccc3c(c2)C2(c4ccccc4-c4ccccc42)c2ccccc2-3)c2cc3c(cc2-c2ccc4c(c2)c2ccccc2n4-c2ccccc2)c2ccccc2n3-c2ccccc2)cc1. The summed E-state index contributed by atoms with van der Waals surface area (Å²) in [5.74, 6) is 0. The molecule has 0 amide bonds. The Kier molecular flexibility index (Phi) is 8.28. The lowest BCUT2D eigenvalue weighted by Crippen LogP contribution is -2.26. The Morgan fingerprint density at radius 2 is 0.729 bits per heavy atom. The van der Waals surface area contributed by atoms with Gasteiger partial charge in [0.15, 0.2) is 0 Å². The number of hydrogen-bond donors (Lipinski definition) is 0. The van der Waals surface area contributed by atoms with Crippen molar-refractivity contribution in [3.05, 3.63) is 283 Å². The van der Waals surface area contributed by atoms with Crippen LogP contribution in [-0.2, 0) is 5.41 Å². The van der Waals surface area contributed by atoms with E-state index in [1.165, 1.54) is 82.6 Å². The van der Waals surface area contributed by atoms with Gasteiger partial charge < -0.3 is 14.0 Å². The van der Waals surface area contributed by atoms with Crippen LogP contribution in [0.3, 0.4) is 0 Å². The van der Waals surface area contributed by atoms with Crippen LogP contribution in [0.5, 0.6) is 0 Å². The summed E-state index contributed by atoms with van der Waals surface area (Å²) in [6.07, 6.45) is 0. The second-order valence-electron chi connectivity index (χ2n) is 18.8. The fourth-order valence-corrected chi connectivity index (χ4v) is 12.5. The van der Waals surface area contributed by atoms with E-state index in [-0.39, 0.29) is 0 Å². The maximum Gasteiger partial charge on any atom is 0.0726 e. The smallest absolute Gasteiger partial charge is 0.0726 e. The van der Waals surface area contributed by atoms with Crippen LogP contribution in [0.4, 0.5) is 17.1 Å². The van der Waals surface area contributed by atoms with Gasteiger partial charge >= 0.3 is 0 Å². The summed E-state index contributed by atoms with van der Waals surface area (Å²) in [6.45, 7) is 0. The van der Waals surface area contributed by atoms with Gasteiger partial charge in [-0.3, -0.25) is 0 Å². The number of fused-ring (bicyclic) bond motifs is 16. The summed E-state index contributed by atoms with van der Waals surface area (Å²) in [7, 11) is 0. The normalized spacial score (nSPS) is 13.0. The van der Waals surface area contributed by atoms with E-state index in [2.05, 4.69) is 275 Å². The fourth-order valence-electron chi connectivity index (χ4n) is 12.5. The predicted octanol–water partition coefficient (Wildman–Crippen LogP) is 17.4. The summed E-state index contributed by atoms with van der Waals surface area (Å²) < 4.78 is 4.85. The van der Waals surface area contributed by atoms with E-state index >= 15 is 0 Å². The average Bonchev–Trinajstić information content (AvgIpc) is 4.14. The van der Waals surface area contributed by atoms with Gasteiger partial charge in [0, 0.05) is 49.9 Å². The monoisotopic (exact) mass is 889 g/mol. The van der Waals surface area contributed by atoms with E-state index in [0.717, 1.165) is 45.1 Å². The molecule has 0 bridgehead atoms. The summed E-state index contributed by atoms with van der Waals surface area (Å²) in [4.78, 5) is 2.52. The van der Waals surface area contributed by atoms with Crippen molar-refractivity contribution in [2.75, 3.05) is 4.90 Å². The first kappa shape index (κ1) is 38.9. The molecule has 11 aromatic carbocycles. The molecule has 15 rings (SSSR count). The maximum atomic E-state index is 2.52. The van der Waals surface area contributed by atoms with E-state index < -0.39 is 5.41 Å². The number of rotatable bonds is 6. The summed E-state index contributed by atoms with van der Waals surface area (Å²) in [5, 5.41) is 4.88. The van der Waals surface area contributed by atoms with Crippen LogP contribution in [-0.4, -0.2) is 9.13 Å². The zero-order valence-corrected chi connectivity index (χ0v) is 38.2. The topological polar surface area (TPSA) is 13.1 Å². The third-order valence-electron chi connectivity index (χ3n) is 15.3. The Morgan fingerprint density at radius 3 is 1.31 bits per heavy atom. The second kappa shape index (κ2) is 14.9.